The van der Waals surface area contributed by atoms with Crippen LogP contribution in [0.1, 0.15) is 50.8 Å². The van der Waals surface area contributed by atoms with Gasteiger partial charge in [0.05, 0.1) is 0 Å². The first-order valence-electron chi connectivity index (χ1n) is 5.50. The summed E-state index contributed by atoms with van der Waals surface area (Å²) >= 11 is 0. The van der Waals surface area contributed by atoms with Crippen molar-refractivity contribution in [2.24, 2.45) is 5.41 Å². The number of nitrogens with zero attached hydrogens (tertiary/aromatic N) is 1. The minimum absolute atomic E-state index is 0.368. The molecular weight excluding hydrogens is 170 g/mol. The molecule has 1 aromatic heterocycles. The van der Waals surface area contributed by atoms with Crippen molar-refractivity contribution in [2.75, 3.05) is 0 Å². The van der Waals surface area contributed by atoms with Crippen molar-refractivity contribution < 1.29 is 0 Å². The maximum absolute atomic E-state index is 4.52. The standard InChI is InChI=1S/C13H19N/c1-13(2,3)9-11-5-4-8-14-12(11)10-6-7-10/h4-5,8,10H,6-7,9H2,1-3H3. The molecule has 1 heterocycles. The number of pyridine rings is 1. The monoisotopic (exact) mass is 189 g/mol. The quantitative estimate of drug-likeness (QED) is 0.693. The van der Waals surface area contributed by atoms with E-state index in [0.29, 0.717) is 5.41 Å². The Morgan fingerprint density at radius 3 is 2.64 bits per heavy atom. The Morgan fingerprint density at radius 1 is 1.36 bits per heavy atom. The minimum atomic E-state index is 0.368. The SMILES string of the molecule is CC(C)(C)Cc1cccnc1C1CC1. The van der Waals surface area contributed by atoms with E-state index in [1.54, 1.807) is 0 Å². The Labute approximate surface area is 86.6 Å². The van der Waals surface area contributed by atoms with E-state index in [9.17, 15) is 0 Å². The summed E-state index contributed by atoms with van der Waals surface area (Å²) in [7, 11) is 0. The Morgan fingerprint density at radius 2 is 2.07 bits per heavy atom. The second kappa shape index (κ2) is 3.38. The van der Waals surface area contributed by atoms with Crippen LogP contribution in [0.5, 0.6) is 0 Å². The van der Waals surface area contributed by atoms with Gasteiger partial charge in [-0.2, -0.15) is 0 Å². The fraction of sp³-hybridized carbons (Fsp3) is 0.615. The molecule has 0 aliphatic heterocycles. The Bertz CT molecular complexity index is 318. The van der Waals surface area contributed by atoms with Crippen molar-refractivity contribution >= 4 is 0 Å². The highest BCUT2D eigenvalue weighted by atomic mass is 14.7. The molecule has 0 atom stereocenters. The fourth-order valence-electron chi connectivity index (χ4n) is 1.90. The van der Waals surface area contributed by atoms with E-state index in [0.717, 1.165) is 12.3 Å². The Hall–Kier alpha value is -0.850. The summed E-state index contributed by atoms with van der Waals surface area (Å²) in [5.74, 6) is 0.772. The van der Waals surface area contributed by atoms with Crippen molar-refractivity contribution in [3.8, 4) is 0 Å². The van der Waals surface area contributed by atoms with Gasteiger partial charge < -0.3 is 0 Å². The molecule has 1 aliphatic carbocycles. The first kappa shape index (κ1) is 9.70. The Balaban J connectivity index is 2.23. The molecule has 0 bridgehead atoms. The molecule has 1 fully saturated rings. The third-order valence-electron chi connectivity index (χ3n) is 2.61. The van der Waals surface area contributed by atoms with Crippen LogP contribution in [0.15, 0.2) is 18.3 Å². The molecule has 0 unspecified atom stereocenters. The molecule has 1 nitrogen and oxygen atoms in total. The van der Waals surface area contributed by atoms with Gasteiger partial charge in [0.15, 0.2) is 0 Å². The van der Waals surface area contributed by atoms with E-state index in [4.69, 9.17) is 0 Å². The van der Waals surface area contributed by atoms with E-state index >= 15 is 0 Å². The summed E-state index contributed by atoms with van der Waals surface area (Å²) in [6.07, 6.45) is 5.76. The van der Waals surface area contributed by atoms with Crippen molar-refractivity contribution in [2.45, 2.75) is 46.0 Å². The second-order valence-electron chi connectivity index (χ2n) is 5.56. The maximum Gasteiger partial charge on any atom is 0.0466 e. The van der Waals surface area contributed by atoms with Gasteiger partial charge in [-0.15, -0.1) is 0 Å². The molecule has 0 saturated heterocycles. The molecule has 1 aliphatic rings. The lowest BCUT2D eigenvalue weighted by atomic mass is 9.87. The summed E-state index contributed by atoms with van der Waals surface area (Å²) < 4.78 is 0. The topological polar surface area (TPSA) is 12.9 Å². The molecule has 1 saturated carbocycles. The van der Waals surface area contributed by atoms with Crippen LogP contribution >= 0.6 is 0 Å². The predicted molar refractivity (Wildman–Crippen MR) is 59.4 cm³/mol. The van der Waals surface area contributed by atoms with Gasteiger partial charge in [-0.25, -0.2) is 0 Å². The lowest BCUT2D eigenvalue weighted by Gasteiger charge is -2.19. The van der Waals surface area contributed by atoms with Gasteiger partial charge in [-0.05, 0) is 36.3 Å². The van der Waals surface area contributed by atoms with Gasteiger partial charge in [0.2, 0.25) is 0 Å². The fourth-order valence-corrected chi connectivity index (χ4v) is 1.90. The highest BCUT2D eigenvalue weighted by Gasteiger charge is 2.28. The smallest absolute Gasteiger partial charge is 0.0466 e. The highest BCUT2D eigenvalue weighted by Crippen LogP contribution is 2.41. The largest absolute Gasteiger partial charge is 0.261 e. The first-order valence-corrected chi connectivity index (χ1v) is 5.50. The van der Waals surface area contributed by atoms with Crippen molar-refractivity contribution in [3.63, 3.8) is 0 Å². The summed E-state index contributed by atoms with van der Waals surface area (Å²) in [4.78, 5) is 4.52. The second-order valence-corrected chi connectivity index (χ2v) is 5.56. The van der Waals surface area contributed by atoms with Gasteiger partial charge in [-0.1, -0.05) is 26.8 Å². The summed E-state index contributed by atoms with van der Waals surface area (Å²) in [5.41, 5.74) is 3.19. The van der Waals surface area contributed by atoms with E-state index in [2.05, 4.69) is 37.9 Å². The van der Waals surface area contributed by atoms with Crippen molar-refractivity contribution in [1.29, 1.82) is 0 Å². The normalized spacial score (nSPS) is 17.1. The number of rotatable bonds is 2. The van der Waals surface area contributed by atoms with Crippen LogP contribution in [0, 0.1) is 5.41 Å². The summed E-state index contributed by atoms with van der Waals surface area (Å²) in [6.45, 7) is 6.87. The predicted octanol–water partition coefficient (Wildman–Crippen LogP) is 3.55. The molecule has 0 amide bonds. The van der Waals surface area contributed by atoms with Crippen LogP contribution in [-0.4, -0.2) is 4.98 Å². The number of aromatic nitrogens is 1. The van der Waals surface area contributed by atoms with Crippen molar-refractivity contribution in [3.05, 3.63) is 29.6 Å². The number of hydrogen-bond donors (Lipinski definition) is 0. The van der Waals surface area contributed by atoms with Gasteiger partial charge >= 0.3 is 0 Å². The molecule has 0 radical (unpaired) electrons. The van der Waals surface area contributed by atoms with Crippen LogP contribution in [0.3, 0.4) is 0 Å². The van der Waals surface area contributed by atoms with Crippen LogP contribution < -0.4 is 0 Å². The van der Waals surface area contributed by atoms with Crippen LogP contribution in [-0.2, 0) is 6.42 Å². The molecule has 1 heteroatoms. The summed E-state index contributed by atoms with van der Waals surface area (Å²) in [5, 5.41) is 0. The van der Waals surface area contributed by atoms with E-state index in [1.165, 1.54) is 24.1 Å². The first-order chi connectivity index (χ1) is 6.56. The number of hydrogen-bond acceptors (Lipinski definition) is 1. The van der Waals surface area contributed by atoms with Gasteiger partial charge in [-0.3, -0.25) is 4.98 Å². The zero-order valence-corrected chi connectivity index (χ0v) is 9.38. The summed E-state index contributed by atoms with van der Waals surface area (Å²) in [6, 6.07) is 4.30. The molecule has 0 spiro atoms. The molecule has 0 aromatic carbocycles. The van der Waals surface area contributed by atoms with Crippen LogP contribution in [0.2, 0.25) is 0 Å². The van der Waals surface area contributed by atoms with E-state index in [1.807, 2.05) is 6.20 Å². The average Bonchev–Trinajstić information content (AvgIpc) is 2.85. The molecule has 0 N–H and O–H groups in total. The average molecular weight is 189 g/mol. The lowest BCUT2D eigenvalue weighted by molar-refractivity contribution is 0.409. The van der Waals surface area contributed by atoms with Gasteiger partial charge in [0.1, 0.15) is 0 Å². The lowest BCUT2D eigenvalue weighted by Crippen LogP contribution is -2.11. The van der Waals surface area contributed by atoms with Crippen LogP contribution in [0.25, 0.3) is 0 Å². The van der Waals surface area contributed by atoms with Gasteiger partial charge in [0.25, 0.3) is 0 Å². The molecule has 76 valence electrons. The van der Waals surface area contributed by atoms with E-state index < -0.39 is 0 Å². The third kappa shape index (κ3) is 2.34. The molecule has 2 rings (SSSR count). The zero-order chi connectivity index (χ0) is 10.2. The van der Waals surface area contributed by atoms with Gasteiger partial charge in [0, 0.05) is 17.8 Å². The Kier molecular flexibility index (Phi) is 2.34. The maximum atomic E-state index is 4.52. The van der Waals surface area contributed by atoms with E-state index in [-0.39, 0.29) is 0 Å². The molecule has 14 heavy (non-hydrogen) atoms. The molecule has 1 aromatic rings. The van der Waals surface area contributed by atoms with Crippen LogP contribution in [0.4, 0.5) is 0 Å². The molecular formula is C13H19N. The minimum Gasteiger partial charge on any atom is -0.261 e. The zero-order valence-electron chi connectivity index (χ0n) is 9.38. The van der Waals surface area contributed by atoms with Crippen molar-refractivity contribution in [1.82, 2.24) is 4.98 Å². The third-order valence-corrected chi connectivity index (χ3v) is 2.61. The highest BCUT2D eigenvalue weighted by molar-refractivity contribution is 5.27.